The fourth-order valence-electron chi connectivity index (χ4n) is 3.59. The van der Waals surface area contributed by atoms with Gasteiger partial charge in [-0.3, -0.25) is 9.78 Å². The van der Waals surface area contributed by atoms with Crippen molar-refractivity contribution in [1.29, 1.82) is 0 Å². The lowest BCUT2D eigenvalue weighted by molar-refractivity contribution is 0.0594. The molecule has 7 heteroatoms. The summed E-state index contributed by atoms with van der Waals surface area (Å²) in [6.07, 6.45) is 7.95. The predicted octanol–water partition coefficient (Wildman–Crippen LogP) is 2.61. The Kier molecular flexibility index (Phi) is 6.01. The third-order valence-electron chi connectivity index (χ3n) is 5.27. The number of rotatable bonds is 6. The SMILES string of the molecule is O=C(c1ccc(NC[C@@H]2CCOC2)nc1)N1CCC(Oc2cccnc2)CC1. The van der Waals surface area contributed by atoms with Crippen LogP contribution < -0.4 is 10.1 Å². The van der Waals surface area contributed by atoms with Crippen molar-refractivity contribution in [2.75, 3.05) is 38.2 Å². The lowest BCUT2D eigenvalue weighted by Gasteiger charge is -2.32. The van der Waals surface area contributed by atoms with Gasteiger partial charge >= 0.3 is 0 Å². The molecule has 2 saturated heterocycles. The summed E-state index contributed by atoms with van der Waals surface area (Å²) in [6.45, 7) is 3.88. The van der Waals surface area contributed by atoms with E-state index in [1.54, 1.807) is 18.6 Å². The first kappa shape index (κ1) is 18.7. The summed E-state index contributed by atoms with van der Waals surface area (Å²) in [5.74, 6) is 2.15. The highest BCUT2D eigenvalue weighted by Crippen LogP contribution is 2.20. The first-order valence-corrected chi connectivity index (χ1v) is 9.91. The highest BCUT2D eigenvalue weighted by Gasteiger charge is 2.25. The van der Waals surface area contributed by atoms with Crippen molar-refractivity contribution in [3.63, 3.8) is 0 Å². The van der Waals surface area contributed by atoms with Crippen LogP contribution in [-0.4, -0.2) is 59.7 Å². The first-order chi connectivity index (χ1) is 13.8. The maximum atomic E-state index is 12.7. The second-order valence-electron chi connectivity index (χ2n) is 7.34. The smallest absolute Gasteiger partial charge is 0.255 e. The summed E-state index contributed by atoms with van der Waals surface area (Å²) < 4.78 is 11.3. The molecule has 7 nitrogen and oxygen atoms in total. The van der Waals surface area contributed by atoms with Crippen LogP contribution in [0.1, 0.15) is 29.6 Å². The topological polar surface area (TPSA) is 76.6 Å². The molecule has 1 amide bonds. The second kappa shape index (κ2) is 9.01. The third-order valence-corrected chi connectivity index (χ3v) is 5.27. The van der Waals surface area contributed by atoms with E-state index >= 15 is 0 Å². The van der Waals surface area contributed by atoms with Gasteiger partial charge in [-0.05, 0) is 30.7 Å². The van der Waals surface area contributed by atoms with E-state index in [4.69, 9.17) is 9.47 Å². The van der Waals surface area contributed by atoms with Crippen LogP contribution in [0.4, 0.5) is 5.82 Å². The summed E-state index contributed by atoms with van der Waals surface area (Å²) >= 11 is 0. The number of nitrogens with zero attached hydrogens (tertiary/aromatic N) is 3. The van der Waals surface area contributed by atoms with Gasteiger partial charge in [-0.25, -0.2) is 4.98 Å². The number of nitrogens with one attached hydrogen (secondary N) is 1. The molecule has 2 aliphatic rings. The number of aromatic nitrogens is 2. The van der Waals surface area contributed by atoms with Crippen LogP contribution in [0.25, 0.3) is 0 Å². The number of anilines is 1. The molecule has 1 N–H and O–H groups in total. The van der Waals surface area contributed by atoms with Gasteiger partial charge in [0.15, 0.2) is 0 Å². The second-order valence-corrected chi connectivity index (χ2v) is 7.34. The minimum Gasteiger partial charge on any atom is -0.489 e. The molecule has 2 aliphatic heterocycles. The van der Waals surface area contributed by atoms with Crippen molar-refractivity contribution in [2.45, 2.75) is 25.4 Å². The maximum absolute atomic E-state index is 12.7. The Labute approximate surface area is 165 Å². The molecular formula is C21H26N4O3. The Morgan fingerprint density at radius 3 is 2.79 bits per heavy atom. The van der Waals surface area contributed by atoms with Gasteiger partial charge in [0.05, 0.1) is 18.4 Å². The summed E-state index contributed by atoms with van der Waals surface area (Å²) in [6, 6.07) is 7.49. The molecule has 0 radical (unpaired) electrons. The molecule has 2 aromatic rings. The summed E-state index contributed by atoms with van der Waals surface area (Å²) in [4.78, 5) is 23.1. The van der Waals surface area contributed by atoms with Crippen molar-refractivity contribution in [2.24, 2.45) is 5.92 Å². The fourth-order valence-corrected chi connectivity index (χ4v) is 3.59. The van der Waals surface area contributed by atoms with E-state index in [-0.39, 0.29) is 12.0 Å². The summed E-state index contributed by atoms with van der Waals surface area (Å²) in [5, 5.41) is 3.32. The zero-order valence-electron chi connectivity index (χ0n) is 15.9. The van der Waals surface area contributed by atoms with Crippen LogP contribution in [0.2, 0.25) is 0 Å². The van der Waals surface area contributed by atoms with E-state index < -0.39 is 0 Å². The van der Waals surface area contributed by atoms with Crippen molar-refractivity contribution >= 4 is 11.7 Å². The largest absolute Gasteiger partial charge is 0.489 e. The molecule has 4 heterocycles. The van der Waals surface area contributed by atoms with Crippen LogP contribution >= 0.6 is 0 Å². The summed E-state index contributed by atoms with van der Waals surface area (Å²) in [7, 11) is 0. The van der Waals surface area contributed by atoms with Crippen LogP contribution in [0.15, 0.2) is 42.9 Å². The number of hydrogen-bond acceptors (Lipinski definition) is 6. The van der Waals surface area contributed by atoms with Crippen LogP contribution in [0, 0.1) is 5.92 Å². The number of carbonyl (C=O) groups excluding carboxylic acids is 1. The average Bonchev–Trinajstić information content (AvgIpc) is 3.27. The Bertz CT molecular complexity index is 755. The number of piperidine rings is 1. The molecule has 0 aliphatic carbocycles. The lowest BCUT2D eigenvalue weighted by Crippen LogP contribution is -2.41. The quantitative estimate of drug-likeness (QED) is 0.828. The Morgan fingerprint density at radius 2 is 2.11 bits per heavy atom. The van der Waals surface area contributed by atoms with Crippen molar-refractivity contribution in [3.8, 4) is 5.75 Å². The van der Waals surface area contributed by atoms with Gasteiger partial charge in [0.1, 0.15) is 17.7 Å². The number of ether oxygens (including phenoxy) is 2. The highest BCUT2D eigenvalue weighted by atomic mass is 16.5. The van der Waals surface area contributed by atoms with E-state index in [1.165, 1.54) is 0 Å². The van der Waals surface area contributed by atoms with Gasteiger partial charge in [-0.1, -0.05) is 0 Å². The molecule has 0 aromatic carbocycles. The standard InChI is InChI=1S/C21H26N4O3/c26-21(17-3-4-20(24-13-17)23-12-16-7-11-27-15-16)25-9-5-18(6-10-25)28-19-2-1-8-22-14-19/h1-4,8,13-14,16,18H,5-7,9-12,15H2,(H,23,24)/t16-/m0/s1. The monoisotopic (exact) mass is 382 g/mol. The molecule has 28 heavy (non-hydrogen) atoms. The molecule has 2 fully saturated rings. The van der Waals surface area contributed by atoms with Crippen LogP contribution in [-0.2, 0) is 4.74 Å². The van der Waals surface area contributed by atoms with Gasteiger partial charge < -0.3 is 19.7 Å². The predicted molar refractivity (Wildman–Crippen MR) is 105 cm³/mol. The molecule has 0 unspecified atom stereocenters. The molecule has 0 bridgehead atoms. The van der Waals surface area contributed by atoms with Gasteiger partial charge in [0.2, 0.25) is 0 Å². The maximum Gasteiger partial charge on any atom is 0.255 e. The molecule has 4 rings (SSSR count). The van der Waals surface area contributed by atoms with Crippen molar-refractivity contribution < 1.29 is 14.3 Å². The molecule has 148 valence electrons. The normalized spacial score (nSPS) is 20.1. The van der Waals surface area contributed by atoms with E-state index in [0.717, 1.165) is 50.6 Å². The Balaban J connectivity index is 1.25. The van der Waals surface area contributed by atoms with E-state index in [2.05, 4.69) is 15.3 Å². The lowest BCUT2D eigenvalue weighted by atomic mass is 10.1. The zero-order valence-corrected chi connectivity index (χ0v) is 15.9. The number of pyridine rings is 2. The molecule has 2 aromatic heterocycles. The van der Waals surface area contributed by atoms with E-state index in [1.807, 2.05) is 29.2 Å². The van der Waals surface area contributed by atoms with Crippen LogP contribution in [0.3, 0.4) is 0 Å². The summed E-state index contributed by atoms with van der Waals surface area (Å²) in [5.41, 5.74) is 0.626. The van der Waals surface area contributed by atoms with Crippen molar-refractivity contribution in [3.05, 3.63) is 48.4 Å². The minimum atomic E-state index is 0.0306. The third kappa shape index (κ3) is 4.78. The van der Waals surface area contributed by atoms with Crippen LogP contribution in [0.5, 0.6) is 5.75 Å². The van der Waals surface area contributed by atoms with Gasteiger partial charge in [-0.15, -0.1) is 0 Å². The Morgan fingerprint density at radius 1 is 1.21 bits per heavy atom. The van der Waals surface area contributed by atoms with Gasteiger partial charge in [-0.2, -0.15) is 0 Å². The molecule has 1 atom stereocenters. The van der Waals surface area contributed by atoms with Gasteiger partial charge in [0, 0.05) is 57.4 Å². The fraction of sp³-hybridized carbons (Fsp3) is 0.476. The molecule has 0 spiro atoms. The number of likely N-dealkylation sites (tertiary alicyclic amines) is 1. The number of hydrogen-bond donors (Lipinski definition) is 1. The first-order valence-electron chi connectivity index (χ1n) is 9.91. The highest BCUT2D eigenvalue weighted by molar-refractivity contribution is 5.94. The van der Waals surface area contributed by atoms with Gasteiger partial charge in [0.25, 0.3) is 5.91 Å². The zero-order chi connectivity index (χ0) is 19.2. The van der Waals surface area contributed by atoms with E-state index in [9.17, 15) is 4.79 Å². The van der Waals surface area contributed by atoms with Crippen molar-refractivity contribution in [1.82, 2.24) is 14.9 Å². The molecule has 0 saturated carbocycles. The average molecular weight is 382 g/mol. The number of carbonyl (C=O) groups is 1. The van der Waals surface area contributed by atoms with E-state index in [0.29, 0.717) is 24.6 Å². The Hall–Kier alpha value is -2.67. The minimum absolute atomic E-state index is 0.0306. The molecular weight excluding hydrogens is 356 g/mol. The number of amides is 1.